The third kappa shape index (κ3) is 3.91. The smallest absolute Gasteiger partial charge is 0.257 e. The van der Waals surface area contributed by atoms with Crippen molar-refractivity contribution in [2.24, 2.45) is 11.8 Å². The summed E-state index contributed by atoms with van der Waals surface area (Å²) in [5.74, 6) is 1.74. The summed E-state index contributed by atoms with van der Waals surface area (Å²) < 4.78 is 5.20. The summed E-state index contributed by atoms with van der Waals surface area (Å²) in [6, 6.07) is 1.76. The molecule has 0 radical (unpaired) electrons. The lowest BCUT2D eigenvalue weighted by Crippen LogP contribution is -2.37. The first kappa shape index (κ1) is 13.8. The van der Waals surface area contributed by atoms with Gasteiger partial charge in [-0.05, 0) is 24.8 Å². The van der Waals surface area contributed by atoms with Crippen molar-refractivity contribution in [1.29, 1.82) is 0 Å². The average molecular weight is 237 g/mol. The van der Waals surface area contributed by atoms with Gasteiger partial charge < -0.3 is 9.32 Å². The number of hydrogen-bond acceptors (Lipinski definition) is 2. The molecular weight excluding hydrogens is 214 g/mol. The molecule has 1 rings (SSSR count). The minimum atomic E-state index is 0.0821. The fourth-order valence-corrected chi connectivity index (χ4v) is 1.90. The van der Waals surface area contributed by atoms with Crippen LogP contribution in [-0.4, -0.2) is 23.9 Å². The fraction of sp³-hybridized carbons (Fsp3) is 0.643. The van der Waals surface area contributed by atoms with E-state index < -0.39 is 0 Å². The summed E-state index contributed by atoms with van der Waals surface area (Å²) >= 11 is 0. The van der Waals surface area contributed by atoms with Gasteiger partial charge in [-0.2, -0.15) is 0 Å². The molecule has 0 aliphatic heterocycles. The van der Waals surface area contributed by atoms with E-state index >= 15 is 0 Å². The number of carbonyl (C=O) groups excluding carboxylic acids is 1. The van der Waals surface area contributed by atoms with Crippen molar-refractivity contribution in [2.45, 2.75) is 34.6 Å². The first-order chi connectivity index (χ1) is 7.91. The van der Waals surface area contributed by atoms with E-state index in [-0.39, 0.29) is 5.91 Å². The predicted molar refractivity (Wildman–Crippen MR) is 69.0 cm³/mol. The van der Waals surface area contributed by atoms with Crippen LogP contribution in [0, 0.1) is 18.8 Å². The van der Waals surface area contributed by atoms with E-state index in [0.29, 0.717) is 23.2 Å². The predicted octanol–water partition coefficient (Wildman–Crippen LogP) is 3.34. The van der Waals surface area contributed by atoms with Gasteiger partial charge in [0.2, 0.25) is 0 Å². The molecule has 17 heavy (non-hydrogen) atoms. The van der Waals surface area contributed by atoms with Crippen molar-refractivity contribution in [1.82, 2.24) is 4.90 Å². The van der Waals surface area contributed by atoms with Crippen LogP contribution in [0.25, 0.3) is 0 Å². The molecule has 3 nitrogen and oxygen atoms in total. The van der Waals surface area contributed by atoms with Gasteiger partial charge in [-0.1, -0.05) is 27.7 Å². The average Bonchev–Trinajstić information content (AvgIpc) is 2.61. The molecule has 0 bridgehead atoms. The largest absolute Gasteiger partial charge is 0.469 e. The highest BCUT2D eigenvalue weighted by molar-refractivity contribution is 5.95. The van der Waals surface area contributed by atoms with E-state index in [0.717, 1.165) is 13.1 Å². The summed E-state index contributed by atoms with van der Waals surface area (Å²) in [6.45, 7) is 11.9. The molecule has 1 aromatic heterocycles. The van der Waals surface area contributed by atoms with Crippen LogP contribution in [0.15, 0.2) is 16.7 Å². The Morgan fingerprint density at radius 2 is 1.76 bits per heavy atom. The first-order valence-electron chi connectivity index (χ1n) is 6.25. The molecule has 0 atom stereocenters. The maximum atomic E-state index is 12.4. The molecule has 96 valence electrons. The fourth-order valence-electron chi connectivity index (χ4n) is 1.90. The molecule has 0 unspecified atom stereocenters. The minimum Gasteiger partial charge on any atom is -0.469 e. The Kier molecular flexibility index (Phi) is 4.79. The highest BCUT2D eigenvalue weighted by Crippen LogP contribution is 2.14. The van der Waals surface area contributed by atoms with Crippen LogP contribution in [-0.2, 0) is 0 Å². The van der Waals surface area contributed by atoms with Crippen molar-refractivity contribution in [3.8, 4) is 0 Å². The summed E-state index contributed by atoms with van der Waals surface area (Å²) in [4.78, 5) is 14.3. The Bertz CT molecular complexity index is 356. The van der Waals surface area contributed by atoms with E-state index in [2.05, 4.69) is 27.7 Å². The molecule has 0 aliphatic rings. The number of nitrogens with zero attached hydrogens (tertiary/aromatic N) is 1. The normalized spacial score (nSPS) is 11.2. The minimum absolute atomic E-state index is 0.0821. The van der Waals surface area contributed by atoms with Crippen LogP contribution in [0.5, 0.6) is 0 Å². The molecule has 0 saturated heterocycles. The molecule has 0 saturated carbocycles. The van der Waals surface area contributed by atoms with Crippen molar-refractivity contribution < 1.29 is 9.21 Å². The van der Waals surface area contributed by atoms with Gasteiger partial charge in [0.25, 0.3) is 5.91 Å². The molecule has 3 heteroatoms. The third-order valence-electron chi connectivity index (χ3n) is 2.55. The summed E-state index contributed by atoms with van der Waals surface area (Å²) in [6.07, 6.45) is 1.57. The molecule has 0 spiro atoms. The Morgan fingerprint density at radius 1 is 1.24 bits per heavy atom. The zero-order valence-electron chi connectivity index (χ0n) is 11.5. The SMILES string of the molecule is Cc1occc1C(=O)N(CC(C)C)CC(C)C. The van der Waals surface area contributed by atoms with Gasteiger partial charge in [-0.3, -0.25) is 4.79 Å². The van der Waals surface area contributed by atoms with Crippen molar-refractivity contribution >= 4 is 5.91 Å². The Hall–Kier alpha value is -1.25. The van der Waals surface area contributed by atoms with Gasteiger partial charge >= 0.3 is 0 Å². The van der Waals surface area contributed by atoms with E-state index in [1.807, 2.05) is 11.8 Å². The lowest BCUT2D eigenvalue weighted by atomic mass is 10.1. The number of amides is 1. The van der Waals surface area contributed by atoms with Gasteiger partial charge in [0.15, 0.2) is 0 Å². The second-order valence-corrected chi connectivity index (χ2v) is 5.39. The number of carbonyl (C=O) groups is 1. The standard InChI is InChI=1S/C14H23NO2/c1-10(2)8-15(9-11(3)4)14(16)13-6-7-17-12(13)5/h6-7,10-11H,8-9H2,1-5H3. The molecule has 1 amide bonds. The van der Waals surface area contributed by atoms with Gasteiger partial charge in [0.05, 0.1) is 11.8 Å². The zero-order chi connectivity index (χ0) is 13.0. The van der Waals surface area contributed by atoms with Crippen LogP contribution in [0.2, 0.25) is 0 Å². The second kappa shape index (κ2) is 5.89. The molecule has 0 aromatic carbocycles. The number of aryl methyl sites for hydroxylation is 1. The maximum Gasteiger partial charge on any atom is 0.257 e. The van der Waals surface area contributed by atoms with Gasteiger partial charge in [0.1, 0.15) is 5.76 Å². The van der Waals surface area contributed by atoms with E-state index in [1.165, 1.54) is 0 Å². The van der Waals surface area contributed by atoms with Crippen LogP contribution >= 0.6 is 0 Å². The van der Waals surface area contributed by atoms with Crippen LogP contribution in [0.3, 0.4) is 0 Å². The quantitative estimate of drug-likeness (QED) is 0.787. The lowest BCUT2D eigenvalue weighted by molar-refractivity contribution is 0.0713. The highest BCUT2D eigenvalue weighted by Gasteiger charge is 2.20. The van der Waals surface area contributed by atoms with E-state index in [9.17, 15) is 4.79 Å². The van der Waals surface area contributed by atoms with Crippen LogP contribution in [0.4, 0.5) is 0 Å². The van der Waals surface area contributed by atoms with Gasteiger partial charge in [-0.15, -0.1) is 0 Å². The maximum absolute atomic E-state index is 12.4. The molecule has 0 fully saturated rings. The molecular formula is C14H23NO2. The molecule has 0 N–H and O–H groups in total. The lowest BCUT2D eigenvalue weighted by Gasteiger charge is -2.26. The van der Waals surface area contributed by atoms with E-state index in [1.54, 1.807) is 12.3 Å². The van der Waals surface area contributed by atoms with Crippen molar-refractivity contribution in [2.75, 3.05) is 13.1 Å². The summed E-state index contributed by atoms with van der Waals surface area (Å²) in [7, 11) is 0. The zero-order valence-corrected chi connectivity index (χ0v) is 11.5. The van der Waals surface area contributed by atoms with Crippen molar-refractivity contribution in [3.63, 3.8) is 0 Å². The van der Waals surface area contributed by atoms with Crippen LogP contribution < -0.4 is 0 Å². The summed E-state index contributed by atoms with van der Waals surface area (Å²) in [5.41, 5.74) is 0.686. The molecule has 1 heterocycles. The Morgan fingerprint density at radius 3 is 2.12 bits per heavy atom. The number of rotatable bonds is 5. The third-order valence-corrected chi connectivity index (χ3v) is 2.55. The monoisotopic (exact) mass is 237 g/mol. The highest BCUT2D eigenvalue weighted by atomic mass is 16.3. The first-order valence-corrected chi connectivity index (χ1v) is 6.25. The number of hydrogen-bond donors (Lipinski definition) is 0. The van der Waals surface area contributed by atoms with Crippen LogP contribution in [0.1, 0.15) is 43.8 Å². The Balaban J connectivity index is 2.82. The van der Waals surface area contributed by atoms with Crippen molar-refractivity contribution in [3.05, 3.63) is 23.7 Å². The Labute approximate surface area is 104 Å². The molecule has 0 aliphatic carbocycles. The van der Waals surface area contributed by atoms with Gasteiger partial charge in [0, 0.05) is 13.1 Å². The summed E-state index contributed by atoms with van der Waals surface area (Å²) in [5, 5.41) is 0. The number of furan rings is 1. The van der Waals surface area contributed by atoms with E-state index in [4.69, 9.17) is 4.42 Å². The second-order valence-electron chi connectivity index (χ2n) is 5.39. The topological polar surface area (TPSA) is 33.5 Å². The molecule has 1 aromatic rings. The van der Waals surface area contributed by atoms with Gasteiger partial charge in [-0.25, -0.2) is 0 Å².